The molecule has 1 aliphatic heterocycles. The first-order chi connectivity index (χ1) is 18.1. The lowest BCUT2D eigenvalue weighted by atomic mass is 10.2. The van der Waals surface area contributed by atoms with E-state index in [1.165, 1.54) is 15.4 Å². The number of sulfonamides is 1. The van der Waals surface area contributed by atoms with Crippen molar-refractivity contribution in [3.05, 3.63) is 87.3 Å². The fraction of sp³-hybridized carbons (Fsp3) is 0.269. The number of aryl methyl sites for hydroxylation is 1. The quantitative estimate of drug-likeness (QED) is 0.243. The Bertz CT molecular complexity index is 1450. The highest BCUT2D eigenvalue weighted by Crippen LogP contribution is 2.26. The number of likely N-dealkylation sites (tertiary alicyclic amines) is 1. The van der Waals surface area contributed by atoms with Gasteiger partial charge in [-0.05, 0) is 61.7 Å². The molecule has 0 unspecified atom stereocenters. The van der Waals surface area contributed by atoms with Gasteiger partial charge in [0.05, 0.1) is 27.7 Å². The summed E-state index contributed by atoms with van der Waals surface area (Å²) in [5, 5.41) is 4.48. The molecule has 3 aromatic rings. The predicted octanol–water partition coefficient (Wildman–Crippen LogP) is 4.36. The van der Waals surface area contributed by atoms with Crippen LogP contribution < -0.4 is 5.43 Å². The Morgan fingerprint density at radius 2 is 1.74 bits per heavy atom. The molecule has 0 bridgehead atoms. The van der Waals surface area contributed by atoms with Gasteiger partial charge in [0, 0.05) is 19.6 Å². The molecular formula is C26H26Cl2N4O5S. The third kappa shape index (κ3) is 6.82. The molecule has 1 saturated heterocycles. The molecule has 0 saturated carbocycles. The normalized spacial score (nSPS) is 13.9. The lowest BCUT2D eigenvalue weighted by Crippen LogP contribution is -2.39. The molecule has 2 amide bonds. The lowest BCUT2D eigenvalue weighted by molar-refractivity contribution is -0.145. The molecule has 1 fully saturated rings. The van der Waals surface area contributed by atoms with Gasteiger partial charge in [0.15, 0.2) is 0 Å². The topological polar surface area (TPSA) is 112 Å². The Morgan fingerprint density at radius 1 is 1.03 bits per heavy atom. The minimum absolute atomic E-state index is 0.0197. The molecule has 0 spiro atoms. The molecule has 1 aromatic heterocycles. The largest absolute Gasteiger partial charge is 0.459 e. The van der Waals surface area contributed by atoms with Gasteiger partial charge in [0.2, 0.25) is 10.0 Å². The molecule has 200 valence electrons. The maximum atomic E-state index is 13.5. The fourth-order valence-electron chi connectivity index (χ4n) is 3.92. The second-order valence-corrected chi connectivity index (χ2v) is 11.6. The highest BCUT2D eigenvalue weighted by Gasteiger charge is 2.27. The number of nitrogens with zero attached hydrogens (tertiary/aromatic N) is 3. The molecule has 12 heteroatoms. The number of halogens is 2. The van der Waals surface area contributed by atoms with Gasteiger partial charge in [-0.15, -0.1) is 0 Å². The maximum Gasteiger partial charge on any atom is 0.329 e. The van der Waals surface area contributed by atoms with E-state index in [0.717, 1.165) is 18.4 Å². The van der Waals surface area contributed by atoms with Crippen molar-refractivity contribution in [2.75, 3.05) is 13.1 Å². The second kappa shape index (κ2) is 12.1. The minimum atomic E-state index is -3.91. The molecule has 0 atom stereocenters. The standard InChI is InChI=1S/C26H26Cl2N4O5S/c1-18-4-9-22(10-5-18)38(35,36)32(16-19-6-11-23(27)24(28)14-19)17-21-8-7-20(37-21)15-29-30-25(33)26(34)31-12-2-3-13-31/h4-11,14-15H,2-3,12-13,16-17H2,1H3,(H,30,33)/b29-15+. The summed E-state index contributed by atoms with van der Waals surface area (Å²) in [7, 11) is -3.91. The predicted molar refractivity (Wildman–Crippen MR) is 144 cm³/mol. The first-order valence-electron chi connectivity index (χ1n) is 11.9. The molecule has 0 aliphatic carbocycles. The van der Waals surface area contributed by atoms with E-state index in [9.17, 15) is 18.0 Å². The van der Waals surface area contributed by atoms with E-state index in [1.807, 2.05) is 6.92 Å². The zero-order valence-corrected chi connectivity index (χ0v) is 22.9. The van der Waals surface area contributed by atoms with Crippen LogP contribution in [0.15, 0.2) is 69.0 Å². The van der Waals surface area contributed by atoms with Crippen molar-refractivity contribution in [1.29, 1.82) is 0 Å². The number of hydrogen-bond acceptors (Lipinski definition) is 6. The molecule has 0 radical (unpaired) electrons. The number of hydrogen-bond donors (Lipinski definition) is 1. The van der Waals surface area contributed by atoms with Crippen molar-refractivity contribution < 1.29 is 22.4 Å². The maximum absolute atomic E-state index is 13.5. The van der Waals surface area contributed by atoms with Crippen molar-refractivity contribution in [3.8, 4) is 0 Å². The van der Waals surface area contributed by atoms with Crippen molar-refractivity contribution in [2.45, 2.75) is 37.8 Å². The molecule has 9 nitrogen and oxygen atoms in total. The molecule has 38 heavy (non-hydrogen) atoms. The van der Waals surface area contributed by atoms with Gasteiger partial charge in [0.25, 0.3) is 0 Å². The van der Waals surface area contributed by atoms with Crippen molar-refractivity contribution in [3.63, 3.8) is 0 Å². The Hall–Kier alpha value is -3.18. The van der Waals surface area contributed by atoms with Gasteiger partial charge < -0.3 is 9.32 Å². The van der Waals surface area contributed by atoms with Crippen molar-refractivity contribution in [2.24, 2.45) is 5.10 Å². The van der Waals surface area contributed by atoms with Crippen molar-refractivity contribution >= 4 is 51.3 Å². The average Bonchev–Trinajstić information content (AvgIpc) is 3.58. The Labute approximate surface area is 231 Å². The monoisotopic (exact) mass is 576 g/mol. The Kier molecular flexibility index (Phi) is 8.88. The van der Waals surface area contributed by atoms with Crippen LogP contribution in [0.4, 0.5) is 0 Å². The van der Waals surface area contributed by atoms with E-state index < -0.39 is 21.8 Å². The number of carbonyl (C=O) groups is 2. The average molecular weight is 577 g/mol. The number of hydrazone groups is 1. The smallest absolute Gasteiger partial charge is 0.329 e. The number of rotatable bonds is 8. The zero-order valence-electron chi connectivity index (χ0n) is 20.6. The highest BCUT2D eigenvalue weighted by molar-refractivity contribution is 7.89. The minimum Gasteiger partial charge on any atom is -0.459 e. The second-order valence-electron chi connectivity index (χ2n) is 8.84. The highest BCUT2D eigenvalue weighted by atomic mass is 35.5. The lowest BCUT2D eigenvalue weighted by Gasteiger charge is -2.22. The van der Waals surface area contributed by atoms with Crippen molar-refractivity contribution in [1.82, 2.24) is 14.6 Å². The van der Waals surface area contributed by atoms with Crippen LogP contribution in [0.25, 0.3) is 0 Å². The van der Waals surface area contributed by atoms with E-state index in [1.54, 1.807) is 54.6 Å². The third-order valence-corrected chi connectivity index (χ3v) is 8.51. The van der Waals surface area contributed by atoms with Gasteiger partial charge in [-0.25, -0.2) is 13.8 Å². The van der Waals surface area contributed by atoms with Gasteiger partial charge >= 0.3 is 11.8 Å². The van der Waals surface area contributed by atoms with Crippen LogP contribution >= 0.6 is 23.2 Å². The Balaban J connectivity index is 1.49. The molecule has 1 aliphatic rings. The van der Waals surface area contributed by atoms with E-state index in [4.69, 9.17) is 27.6 Å². The van der Waals surface area contributed by atoms with E-state index in [2.05, 4.69) is 10.5 Å². The molecular weight excluding hydrogens is 551 g/mol. The number of benzene rings is 2. The molecule has 1 N–H and O–H groups in total. The van der Waals surface area contributed by atoms with Crippen LogP contribution in [0, 0.1) is 6.92 Å². The number of furan rings is 1. The van der Waals surface area contributed by atoms with Crippen LogP contribution in [0.2, 0.25) is 10.0 Å². The summed E-state index contributed by atoms with van der Waals surface area (Å²) in [6.07, 6.45) is 2.99. The van der Waals surface area contributed by atoms with Gasteiger partial charge in [0.1, 0.15) is 11.5 Å². The molecule has 2 aromatic carbocycles. The van der Waals surface area contributed by atoms with Crippen LogP contribution in [0.1, 0.15) is 35.5 Å². The SMILES string of the molecule is Cc1ccc(S(=O)(=O)N(Cc2ccc(Cl)c(Cl)c2)Cc2ccc(/C=N/NC(=O)C(=O)N3CCCC3)o2)cc1. The van der Waals surface area contributed by atoms with E-state index in [-0.39, 0.29) is 23.7 Å². The summed E-state index contributed by atoms with van der Waals surface area (Å²) in [5.74, 6) is -0.830. The van der Waals surface area contributed by atoms with Gasteiger partial charge in [-0.1, -0.05) is 47.0 Å². The summed E-state index contributed by atoms with van der Waals surface area (Å²) in [6, 6.07) is 14.7. The van der Waals surface area contributed by atoms with Crippen LogP contribution in [0.3, 0.4) is 0 Å². The number of amides is 2. The Morgan fingerprint density at radius 3 is 2.42 bits per heavy atom. The zero-order chi connectivity index (χ0) is 27.3. The number of carbonyl (C=O) groups excluding carboxylic acids is 2. The van der Waals surface area contributed by atoms with E-state index in [0.29, 0.717) is 34.5 Å². The summed E-state index contributed by atoms with van der Waals surface area (Å²) >= 11 is 12.2. The van der Waals surface area contributed by atoms with Crippen LogP contribution in [0.5, 0.6) is 0 Å². The first-order valence-corrected chi connectivity index (χ1v) is 14.0. The molecule has 2 heterocycles. The van der Waals surface area contributed by atoms with Crippen LogP contribution in [-0.2, 0) is 32.7 Å². The first kappa shape index (κ1) is 27.8. The summed E-state index contributed by atoms with van der Waals surface area (Å²) in [5.41, 5.74) is 3.78. The summed E-state index contributed by atoms with van der Waals surface area (Å²) in [6.45, 7) is 2.93. The molecule has 4 rings (SSSR count). The third-order valence-electron chi connectivity index (χ3n) is 5.96. The fourth-order valence-corrected chi connectivity index (χ4v) is 5.63. The van der Waals surface area contributed by atoms with Crippen LogP contribution in [-0.4, -0.2) is 48.7 Å². The van der Waals surface area contributed by atoms with Gasteiger partial charge in [-0.2, -0.15) is 9.41 Å². The van der Waals surface area contributed by atoms with E-state index >= 15 is 0 Å². The number of nitrogens with one attached hydrogen (secondary N) is 1. The summed E-state index contributed by atoms with van der Waals surface area (Å²) < 4.78 is 34.1. The summed E-state index contributed by atoms with van der Waals surface area (Å²) in [4.78, 5) is 25.7. The van der Waals surface area contributed by atoms with Gasteiger partial charge in [-0.3, -0.25) is 9.59 Å².